The summed E-state index contributed by atoms with van der Waals surface area (Å²) in [6.45, 7) is 3.41. The van der Waals surface area contributed by atoms with Gasteiger partial charge in [0.05, 0.1) is 17.9 Å². The van der Waals surface area contributed by atoms with E-state index in [4.69, 9.17) is 9.47 Å². The Labute approximate surface area is 172 Å². The van der Waals surface area contributed by atoms with Crippen LogP contribution in [0.25, 0.3) is 0 Å². The van der Waals surface area contributed by atoms with E-state index in [0.717, 1.165) is 36.1 Å². The molecule has 1 aliphatic carbocycles. The van der Waals surface area contributed by atoms with Crippen molar-refractivity contribution in [1.82, 2.24) is 0 Å². The lowest BCUT2D eigenvalue weighted by molar-refractivity contribution is -0.143. The molecular weight excluding hydrogens is 392 g/mol. The summed E-state index contributed by atoms with van der Waals surface area (Å²) in [5, 5.41) is 5.90. The number of hydrogen-bond acceptors (Lipinski definition) is 6. The van der Waals surface area contributed by atoms with Crippen molar-refractivity contribution in [2.45, 2.75) is 45.1 Å². The average Bonchev–Trinajstić information content (AvgIpc) is 3.07. The maximum Gasteiger partial charge on any atom is 0.341 e. The van der Waals surface area contributed by atoms with Crippen LogP contribution in [0, 0.1) is 0 Å². The third kappa shape index (κ3) is 3.37. The molecule has 1 unspecified atom stereocenters. The fraction of sp³-hybridized carbons (Fsp3) is 0.381. The number of benzene rings is 1. The zero-order valence-electron chi connectivity index (χ0n) is 16.3. The Bertz CT molecular complexity index is 999. The van der Waals surface area contributed by atoms with Gasteiger partial charge in [-0.1, -0.05) is 12.1 Å². The first-order valence-corrected chi connectivity index (χ1v) is 10.5. The molecule has 7 nitrogen and oxygen atoms in total. The van der Waals surface area contributed by atoms with Crippen molar-refractivity contribution in [3.8, 4) is 5.75 Å². The van der Waals surface area contributed by atoms with E-state index in [0.29, 0.717) is 22.0 Å². The van der Waals surface area contributed by atoms with Crippen molar-refractivity contribution in [3.05, 3.63) is 40.3 Å². The average molecular weight is 414 g/mol. The molecule has 152 valence electrons. The van der Waals surface area contributed by atoms with Crippen molar-refractivity contribution in [1.29, 1.82) is 0 Å². The Hall–Kier alpha value is -2.87. The summed E-state index contributed by atoms with van der Waals surface area (Å²) in [6.07, 6.45) is 3.67. The van der Waals surface area contributed by atoms with Crippen LogP contribution in [0.4, 0.5) is 10.7 Å². The van der Waals surface area contributed by atoms with Gasteiger partial charge in [0.15, 0.2) is 0 Å². The van der Waals surface area contributed by atoms with Crippen molar-refractivity contribution in [3.63, 3.8) is 0 Å². The van der Waals surface area contributed by atoms with Crippen LogP contribution in [0.15, 0.2) is 24.3 Å². The van der Waals surface area contributed by atoms with Crippen LogP contribution in [0.1, 0.15) is 47.5 Å². The van der Waals surface area contributed by atoms with Crippen LogP contribution >= 0.6 is 11.3 Å². The third-order valence-corrected chi connectivity index (χ3v) is 6.40. The number of ether oxygens (including phenoxy) is 2. The van der Waals surface area contributed by atoms with Gasteiger partial charge in [-0.2, -0.15) is 0 Å². The Morgan fingerprint density at radius 3 is 2.83 bits per heavy atom. The summed E-state index contributed by atoms with van der Waals surface area (Å²) in [6, 6.07) is 6.93. The first-order chi connectivity index (χ1) is 13.9. The lowest BCUT2D eigenvalue weighted by Gasteiger charge is -2.33. The molecule has 2 amide bonds. The van der Waals surface area contributed by atoms with E-state index in [1.807, 2.05) is 0 Å². The van der Waals surface area contributed by atoms with E-state index in [9.17, 15) is 14.4 Å². The second-order valence-electron chi connectivity index (χ2n) is 7.18. The summed E-state index contributed by atoms with van der Waals surface area (Å²) in [5.41, 5.74) is 0.103. The molecule has 2 aliphatic rings. The quantitative estimate of drug-likeness (QED) is 0.590. The van der Waals surface area contributed by atoms with Gasteiger partial charge in [0.25, 0.3) is 17.4 Å². The van der Waals surface area contributed by atoms with Crippen molar-refractivity contribution in [2.75, 3.05) is 17.2 Å². The van der Waals surface area contributed by atoms with Gasteiger partial charge in [-0.05, 0) is 57.2 Å². The molecule has 8 heteroatoms. The third-order valence-electron chi connectivity index (χ3n) is 5.19. The SMILES string of the molecule is CCOC(=O)c1c(NC(=O)C2(C)Oc3ccccc3NC2=O)sc2c1CCCC2. The minimum absolute atomic E-state index is 0.247. The van der Waals surface area contributed by atoms with Crippen molar-refractivity contribution < 1.29 is 23.9 Å². The lowest BCUT2D eigenvalue weighted by Crippen LogP contribution is -2.56. The number of rotatable bonds is 4. The molecule has 1 aliphatic heterocycles. The lowest BCUT2D eigenvalue weighted by atomic mass is 9.95. The van der Waals surface area contributed by atoms with Crippen LogP contribution in [-0.2, 0) is 27.2 Å². The Balaban J connectivity index is 1.65. The topological polar surface area (TPSA) is 93.7 Å². The van der Waals surface area contributed by atoms with E-state index in [2.05, 4.69) is 10.6 Å². The zero-order valence-corrected chi connectivity index (χ0v) is 17.1. The van der Waals surface area contributed by atoms with Gasteiger partial charge in [0.1, 0.15) is 10.8 Å². The highest BCUT2D eigenvalue weighted by atomic mass is 32.1. The molecule has 0 saturated heterocycles. The van der Waals surface area contributed by atoms with Gasteiger partial charge in [0, 0.05) is 4.88 Å². The van der Waals surface area contributed by atoms with E-state index < -0.39 is 23.4 Å². The van der Waals surface area contributed by atoms with Gasteiger partial charge in [0.2, 0.25) is 0 Å². The molecule has 1 aromatic carbocycles. The van der Waals surface area contributed by atoms with Gasteiger partial charge in [-0.15, -0.1) is 11.3 Å². The smallest absolute Gasteiger partial charge is 0.341 e. The molecule has 2 aromatic rings. The van der Waals surface area contributed by atoms with E-state index >= 15 is 0 Å². The predicted octanol–water partition coefficient (Wildman–Crippen LogP) is 3.53. The number of nitrogens with one attached hydrogen (secondary N) is 2. The van der Waals surface area contributed by atoms with Crippen molar-refractivity contribution in [2.24, 2.45) is 0 Å². The molecule has 1 aromatic heterocycles. The molecule has 0 bridgehead atoms. The van der Waals surface area contributed by atoms with Crippen LogP contribution < -0.4 is 15.4 Å². The largest absolute Gasteiger partial charge is 0.466 e. The second kappa shape index (κ2) is 7.51. The zero-order chi connectivity index (χ0) is 20.6. The normalized spacial score (nSPS) is 20.0. The number of thiophene rings is 1. The maximum atomic E-state index is 13.1. The summed E-state index contributed by atoms with van der Waals surface area (Å²) in [7, 11) is 0. The summed E-state index contributed by atoms with van der Waals surface area (Å²) in [5.74, 6) is -1.23. The number of para-hydroxylation sites is 2. The number of anilines is 2. The van der Waals surface area contributed by atoms with Gasteiger partial charge < -0.3 is 20.1 Å². The molecule has 4 rings (SSSR count). The van der Waals surface area contributed by atoms with E-state index in [-0.39, 0.29) is 6.61 Å². The van der Waals surface area contributed by atoms with E-state index in [1.54, 1.807) is 31.2 Å². The van der Waals surface area contributed by atoms with Crippen LogP contribution in [0.5, 0.6) is 5.75 Å². The van der Waals surface area contributed by atoms with Crippen molar-refractivity contribution >= 4 is 39.8 Å². The number of amides is 2. The highest BCUT2D eigenvalue weighted by Gasteiger charge is 2.48. The summed E-state index contributed by atoms with van der Waals surface area (Å²) >= 11 is 1.37. The molecule has 0 saturated carbocycles. The fourth-order valence-corrected chi connectivity index (χ4v) is 4.88. The highest BCUT2D eigenvalue weighted by molar-refractivity contribution is 7.17. The van der Waals surface area contributed by atoms with Gasteiger partial charge in [-0.3, -0.25) is 9.59 Å². The fourth-order valence-electron chi connectivity index (χ4n) is 3.61. The number of fused-ring (bicyclic) bond motifs is 2. The Morgan fingerprint density at radius 2 is 2.03 bits per heavy atom. The Kier molecular flexibility index (Phi) is 5.04. The van der Waals surface area contributed by atoms with Crippen LogP contribution in [0.2, 0.25) is 0 Å². The predicted molar refractivity (Wildman–Crippen MR) is 110 cm³/mol. The number of carbonyl (C=O) groups is 3. The molecular formula is C21H22N2O5S. The first kappa shape index (κ1) is 19.4. The number of esters is 1. The summed E-state index contributed by atoms with van der Waals surface area (Å²) < 4.78 is 11.0. The second-order valence-corrected chi connectivity index (χ2v) is 8.28. The maximum absolute atomic E-state index is 13.1. The molecule has 0 radical (unpaired) electrons. The molecule has 29 heavy (non-hydrogen) atoms. The minimum atomic E-state index is -1.76. The molecule has 0 spiro atoms. The molecule has 2 N–H and O–H groups in total. The summed E-state index contributed by atoms with van der Waals surface area (Å²) in [4.78, 5) is 39.4. The molecule has 0 fully saturated rings. The van der Waals surface area contributed by atoms with Crippen LogP contribution in [0.3, 0.4) is 0 Å². The monoisotopic (exact) mass is 414 g/mol. The van der Waals surface area contributed by atoms with E-state index in [1.165, 1.54) is 18.3 Å². The highest BCUT2D eigenvalue weighted by Crippen LogP contribution is 2.40. The number of aryl methyl sites for hydroxylation is 1. The number of carbonyl (C=O) groups excluding carboxylic acids is 3. The van der Waals surface area contributed by atoms with Gasteiger partial charge in [-0.25, -0.2) is 4.79 Å². The first-order valence-electron chi connectivity index (χ1n) is 9.66. The van der Waals surface area contributed by atoms with Crippen LogP contribution in [-0.4, -0.2) is 30.0 Å². The number of hydrogen-bond donors (Lipinski definition) is 2. The minimum Gasteiger partial charge on any atom is -0.466 e. The van der Waals surface area contributed by atoms with Gasteiger partial charge >= 0.3 is 5.97 Å². The molecule has 2 heterocycles. The Morgan fingerprint density at radius 1 is 1.28 bits per heavy atom. The standard InChI is InChI=1S/C21H22N2O5S/c1-3-27-18(24)16-12-8-4-7-11-15(12)29-17(16)23-20(26)21(2)19(25)22-13-9-5-6-10-14(13)28-21/h5-6,9-10H,3-4,7-8,11H2,1-2H3,(H,22,25)(H,23,26). The molecule has 1 atom stereocenters.